The summed E-state index contributed by atoms with van der Waals surface area (Å²) in [4.78, 5) is 11.6. The second-order valence-corrected chi connectivity index (χ2v) is 15.8. The molecule has 3 atom stereocenters. The predicted octanol–water partition coefficient (Wildman–Crippen LogP) is 6.56. The molecule has 7 rings (SSSR count). The number of nitrogens with one attached hydrogen (secondary N) is 2. The van der Waals surface area contributed by atoms with Gasteiger partial charge in [-0.05, 0) is 56.2 Å². The number of nitrogens with zero attached hydrogens (tertiary/aromatic N) is 1. The van der Waals surface area contributed by atoms with Crippen molar-refractivity contribution in [1.82, 2.24) is 5.32 Å². The maximum Gasteiger partial charge on any atom is 0.262 e. The van der Waals surface area contributed by atoms with Gasteiger partial charge in [0.05, 0.1) is 38.0 Å². The van der Waals surface area contributed by atoms with Gasteiger partial charge in [0.2, 0.25) is 0 Å². The van der Waals surface area contributed by atoms with Crippen molar-refractivity contribution in [3.05, 3.63) is 53.6 Å². The lowest BCUT2D eigenvalue weighted by atomic mass is 9.80. The molecule has 4 fully saturated rings. The molecule has 5 aliphatic rings. The molecule has 5 N–H and O–H groups in total. The number of benzene rings is 2. The monoisotopic (exact) mass is 692 g/mol. The molecule has 3 saturated heterocycles. The third-order valence-corrected chi connectivity index (χ3v) is 12.3. The Bertz CT molecular complexity index is 1360. The maximum atomic E-state index is 12.0. The number of phenolic OH excluding ortho intramolecular Hbond substituents is 1. The molecule has 1 aliphatic carbocycles. The van der Waals surface area contributed by atoms with Crippen LogP contribution in [-0.2, 0) is 15.1 Å². The molecule has 0 aromatic heterocycles. The van der Waals surface area contributed by atoms with Crippen molar-refractivity contribution in [1.29, 1.82) is 0 Å². The second kappa shape index (κ2) is 17.7. The molecule has 2 aromatic rings. The van der Waals surface area contributed by atoms with E-state index in [2.05, 4.69) is 22.8 Å². The Hall–Kier alpha value is -2.69. The molecule has 0 radical (unpaired) electrons. The van der Waals surface area contributed by atoms with Crippen LogP contribution in [0.5, 0.6) is 11.5 Å². The van der Waals surface area contributed by atoms with Gasteiger partial charge in [0.15, 0.2) is 6.61 Å². The van der Waals surface area contributed by atoms with E-state index in [1.165, 1.54) is 113 Å². The Kier molecular flexibility index (Phi) is 13.1. The van der Waals surface area contributed by atoms with Crippen LogP contribution in [0.25, 0.3) is 0 Å². The lowest BCUT2D eigenvalue weighted by Gasteiger charge is -2.53. The zero-order valence-corrected chi connectivity index (χ0v) is 30.1. The van der Waals surface area contributed by atoms with Crippen LogP contribution in [-0.4, -0.2) is 84.3 Å². The number of unbranched alkanes of at least 4 members (excludes halogenated alkanes) is 8. The summed E-state index contributed by atoms with van der Waals surface area (Å²) in [6.07, 6.45) is 17.9. The van der Waals surface area contributed by atoms with E-state index in [1.807, 2.05) is 18.2 Å². The lowest BCUT2D eigenvalue weighted by molar-refractivity contribution is -0.946. The number of hydrogen-bond donors (Lipinski definition) is 5. The molecule has 1 amide bonds. The first-order valence-corrected chi connectivity index (χ1v) is 19.8. The fraction of sp³-hybridized carbons (Fsp3) is 0.683. The van der Waals surface area contributed by atoms with E-state index in [0.717, 1.165) is 37.9 Å². The van der Waals surface area contributed by atoms with Crippen LogP contribution in [0, 0.1) is 11.8 Å². The van der Waals surface area contributed by atoms with E-state index in [0.29, 0.717) is 42.0 Å². The topological polar surface area (TPSA) is 120 Å². The number of piperidine rings is 3. The summed E-state index contributed by atoms with van der Waals surface area (Å²) in [6, 6.07) is 13.2. The highest BCUT2D eigenvalue weighted by Crippen LogP contribution is 2.43. The summed E-state index contributed by atoms with van der Waals surface area (Å²) in [5.74, 6) is 1.09. The van der Waals surface area contributed by atoms with Crippen LogP contribution in [0.15, 0.2) is 42.5 Å². The predicted molar refractivity (Wildman–Crippen MR) is 196 cm³/mol. The first-order valence-electron chi connectivity index (χ1n) is 19.8. The minimum Gasteiger partial charge on any atom is -0.508 e. The smallest absolute Gasteiger partial charge is 0.262 e. The van der Waals surface area contributed by atoms with Gasteiger partial charge in [-0.2, -0.15) is 0 Å². The van der Waals surface area contributed by atoms with Crippen molar-refractivity contribution in [2.75, 3.05) is 57.8 Å². The van der Waals surface area contributed by atoms with Gasteiger partial charge in [-0.3, -0.25) is 4.79 Å². The SMILES string of the molecule is O=C1COc2c(cc(O)cc2[C@@H](O)CNCCCCCCCCCCC[N+]23CCC(CC2)[C@@H](OCC(O)(c2ccccc2)C2CCCC2)C3)N1. The van der Waals surface area contributed by atoms with Crippen molar-refractivity contribution >= 4 is 11.6 Å². The van der Waals surface area contributed by atoms with Crippen LogP contribution in [0.1, 0.15) is 114 Å². The van der Waals surface area contributed by atoms with Crippen molar-refractivity contribution in [3.8, 4) is 11.5 Å². The quantitative estimate of drug-likeness (QED) is 0.0788. The summed E-state index contributed by atoms with van der Waals surface area (Å²) in [7, 11) is 0. The van der Waals surface area contributed by atoms with E-state index in [1.54, 1.807) is 0 Å². The number of quaternary nitrogens is 1. The van der Waals surface area contributed by atoms with Crippen molar-refractivity contribution in [3.63, 3.8) is 0 Å². The van der Waals surface area contributed by atoms with Gasteiger partial charge in [0.25, 0.3) is 5.91 Å². The molecule has 9 nitrogen and oxygen atoms in total. The summed E-state index contributed by atoms with van der Waals surface area (Å²) < 4.78 is 13.5. The van der Waals surface area contributed by atoms with Gasteiger partial charge < -0.3 is 39.9 Å². The van der Waals surface area contributed by atoms with E-state index >= 15 is 0 Å². The van der Waals surface area contributed by atoms with Crippen LogP contribution in [0.2, 0.25) is 0 Å². The molecular formula is C41H62N3O6+. The fourth-order valence-electron chi connectivity index (χ4n) is 9.27. The number of aliphatic hydroxyl groups excluding tert-OH is 1. The van der Waals surface area contributed by atoms with Gasteiger partial charge in [0, 0.05) is 36.9 Å². The molecule has 4 heterocycles. The van der Waals surface area contributed by atoms with Crippen molar-refractivity contribution in [2.45, 2.75) is 114 Å². The number of carbonyl (C=O) groups is 1. The summed E-state index contributed by atoms with van der Waals surface area (Å²) in [5, 5.41) is 38.7. The Labute approximate surface area is 299 Å². The molecule has 1 saturated carbocycles. The zero-order valence-electron chi connectivity index (χ0n) is 30.1. The molecule has 1 unspecified atom stereocenters. The number of amides is 1. The fourth-order valence-corrected chi connectivity index (χ4v) is 9.27. The van der Waals surface area contributed by atoms with Crippen LogP contribution >= 0.6 is 0 Å². The van der Waals surface area contributed by atoms with Crippen molar-refractivity contribution in [2.24, 2.45) is 11.8 Å². The standard InChI is InChI=1S/C41H61N3O6/c45-34-25-35(40-36(26-34)43-39(47)29-49-40)37(46)27-42-21-13-6-4-2-1-3-5-7-14-22-44-23-19-31(20-24-44)38(28-44)50-30-41(48,33-17-11-12-18-33)32-15-9-8-10-16-32/h8-10,15-16,25-26,31,33,37-38,42,46,48H,1-7,11-14,17-24,27-30H2,(H-,43,45,47)/p+1/t31?,37-,38-,41?,44?/m0/s1. The minimum absolute atomic E-state index is 0.0123. The number of fused-ring (bicyclic) bond motifs is 4. The largest absolute Gasteiger partial charge is 0.508 e. The van der Waals surface area contributed by atoms with Crippen molar-refractivity contribution < 1.29 is 34.1 Å². The Morgan fingerprint density at radius 1 is 0.940 bits per heavy atom. The lowest BCUT2D eigenvalue weighted by Crippen LogP contribution is -2.64. The Morgan fingerprint density at radius 3 is 2.34 bits per heavy atom. The highest BCUT2D eigenvalue weighted by atomic mass is 16.5. The summed E-state index contributed by atoms with van der Waals surface area (Å²) in [5.41, 5.74) is 1.04. The first kappa shape index (κ1) is 37.1. The number of aliphatic hydroxyl groups is 2. The molecule has 2 aromatic carbocycles. The normalized spacial score (nSPS) is 25.1. The van der Waals surface area contributed by atoms with E-state index < -0.39 is 11.7 Å². The van der Waals surface area contributed by atoms with Gasteiger partial charge in [0.1, 0.15) is 29.7 Å². The number of anilines is 1. The number of ether oxygens (including phenoxy) is 2. The molecule has 0 spiro atoms. The highest BCUT2D eigenvalue weighted by Gasteiger charge is 2.48. The van der Waals surface area contributed by atoms with E-state index in [-0.39, 0.29) is 24.4 Å². The number of phenols is 1. The molecule has 4 aliphatic heterocycles. The number of carbonyl (C=O) groups excluding carboxylic acids is 1. The average molecular weight is 693 g/mol. The molecule has 50 heavy (non-hydrogen) atoms. The van der Waals surface area contributed by atoms with Crippen LogP contribution in [0.3, 0.4) is 0 Å². The zero-order chi connectivity index (χ0) is 34.8. The summed E-state index contributed by atoms with van der Waals surface area (Å²) >= 11 is 0. The molecular weight excluding hydrogens is 630 g/mol. The Balaban J connectivity index is 0.811. The third-order valence-electron chi connectivity index (χ3n) is 12.3. The van der Waals surface area contributed by atoms with Gasteiger partial charge >= 0.3 is 0 Å². The highest BCUT2D eigenvalue weighted by molar-refractivity contribution is 5.96. The Morgan fingerprint density at radius 2 is 1.62 bits per heavy atom. The van der Waals surface area contributed by atoms with Gasteiger partial charge in [-0.15, -0.1) is 0 Å². The number of hydrogen-bond acceptors (Lipinski definition) is 7. The number of aromatic hydroxyl groups is 1. The van der Waals surface area contributed by atoms with E-state index in [4.69, 9.17) is 9.47 Å². The van der Waals surface area contributed by atoms with Gasteiger partial charge in [-0.25, -0.2) is 0 Å². The molecule has 276 valence electrons. The van der Waals surface area contributed by atoms with Gasteiger partial charge in [-0.1, -0.05) is 81.7 Å². The molecule has 9 heteroatoms. The number of rotatable bonds is 20. The van der Waals surface area contributed by atoms with Crippen LogP contribution < -0.4 is 15.4 Å². The minimum atomic E-state index is -0.872. The second-order valence-electron chi connectivity index (χ2n) is 15.8. The average Bonchev–Trinajstić information content (AvgIpc) is 3.69. The third kappa shape index (κ3) is 9.39. The van der Waals surface area contributed by atoms with E-state index in [9.17, 15) is 20.1 Å². The van der Waals surface area contributed by atoms with Crippen LogP contribution in [0.4, 0.5) is 5.69 Å². The molecule has 2 bridgehead atoms. The first-order chi connectivity index (χ1) is 24.4. The maximum absolute atomic E-state index is 12.0. The summed E-state index contributed by atoms with van der Waals surface area (Å²) in [6.45, 7) is 6.54.